The molecule has 0 amide bonds. The van der Waals surface area contributed by atoms with Crippen molar-refractivity contribution in [2.45, 2.75) is 13.3 Å². The molecule has 0 bridgehead atoms. The van der Waals surface area contributed by atoms with Crippen LogP contribution in [0.3, 0.4) is 0 Å². The van der Waals surface area contributed by atoms with Crippen LogP contribution in [0.5, 0.6) is 0 Å². The smallest absolute Gasteiger partial charge is 0.0356 e. The molecule has 0 radical (unpaired) electrons. The van der Waals surface area contributed by atoms with Crippen molar-refractivity contribution in [1.29, 1.82) is 0 Å². The number of hydrogen-bond acceptors (Lipinski definition) is 1. The highest BCUT2D eigenvalue weighted by Gasteiger charge is 2.03. The summed E-state index contributed by atoms with van der Waals surface area (Å²) in [5.74, 6) is 0. The molecule has 1 aromatic heterocycles. The van der Waals surface area contributed by atoms with Gasteiger partial charge in [-0.3, -0.25) is 0 Å². The molecule has 3 heteroatoms. The van der Waals surface area contributed by atoms with Crippen LogP contribution in [0.4, 0.5) is 0 Å². The molecule has 13 heavy (non-hydrogen) atoms. The van der Waals surface area contributed by atoms with Crippen molar-refractivity contribution in [2.75, 3.05) is 0 Å². The minimum atomic E-state index is 1.15. The number of aryl methyl sites for hydroxylation is 1. The van der Waals surface area contributed by atoms with E-state index in [1.165, 1.54) is 22.1 Å². The Hall–Kier alpha value is 0.640. The van der Waals surface area contributed by atoms with Crippen LogP contribution in [0.2, 0.25) is 0 Å². The van der Waals surface area contributed by atoms with E-state index in [-0.39, 0.29) is 0 Å². The van der Waals surface area contributed by atoms with E-state index in [0.717, 1.165) is 6.42 Å². The van der Waals surface area contributed by atoms with E-state index in [9.17, 15) is 0 Å². The van der Waals surface area contributed by atoms with Crippen LogP contribution in [0.1, 0.15) is 11.8 Å². The largest absolute Gasteiger partial charge is 0.140 e. The molecule has 1 heterocycles. The molecule has 68 valence electrons. The molecule has 0 aliphatic heterocycles. The zero-order chi connectivity index (χ0) is 9.42. The lowest BCUT2D eigenvalue weighted by molar-refractivity contribution is 1.19. The third kappa shape index (κ3) is 2.02. The Labute approximate surface area is 109 Å². The normalized spacial score (nSPS) is 11.0. The van der Waals surface area contributed by atoms with Crippen molar-refractivity contribution < 1.29 is 0 Å². The first kappa shape index (κ1) is 10.2. The van der Waals surface area contributed by atoms with Crippen molar-refractivity contribution in [3.63, 3.8) is 0 Å². The Morgan fingerprint density at radius 1 is 1.15 bits per heavy atom. The minimum Gasteiger partial charge on any atom is -0.140 e. The summed E-state index contributed by atoms with van der Waals surface area (Å²) >= 11 is 6.70. The van der Waals surface area contributed by atoms with E-state index in [1.54, 1.807) is 0 Å². The van der Waals surface area contributed by atoms with Crippen LogP contribution < -0.4 is 0 Å². The van der Waals surface area contributed by atoms with Gasteiger partial charge in [0.1, 0.15) is 0 Å². The lowest BCUT2D eigenvalue weighted by Gasteiger charge is -1.94. The SMILES string of the molecule is CCc1cc2cc(I)c(I)cc2s1. The lowest BCUT2D eigenvalue weighted by Crippen LogP contribution is -1.76. The Balaban J connectivity index is 2.70. The van der Waals surface area contributed by atoms with Crippen molar-refractivity contribution in [3.8, 4) is 0 Å². The molecular weight excluding hydrogens is 406 g/mol. The molecule has 0 spiro atoms. The molecular formula is C10H8I2S. The standard InChI is InChI=1S/C10H8I2S/c1-2-7-3-6-4-8(11)9(12)5-10(6)13-7/h3-5H,2H2,1H3. The van der Waals surface area contributed by atoms with Gasteiger partial charge in [0.15, 0.2) is 0 Å². The molecule has 0 nitrogen and oxygen atoms in total. The number of benzene rings is 1. The van der Waals surface area contributed by atoms with Gasteiger partial charge in [-0.25, -0.2) is 0 Å². The Kier molecular flexibility index (Phi) is 3.14. The van der Waals surface area contributed by atoms with Gasteiger partial charge < -0.3 is 0 Å². The Bertz CT molecular complexity index is 406. The number of thiophene rings is 1. The maximum Gasteiger partial charge on any atom is 0.0356 e. The maximum atomic E-state index is 2.39. The van der Waals surface area contributed by atoms with E-state index in [0.29, 0.717) is 0 Å². The molecule has 0 saturated heterocycles. The van der Waals surface area contributed by atoms with Crippen LogP contribution >= 0.6 is 56.5 Å². The average Bonchev–Trinajstić information content (AvgIpc) is 2.48. The fraction of sp³-hybridized carbons (Fsp3) is 0.200. The average molecular weight is 414 g/mol. The summed E-state index contributed by atoms with van der Waals surface area (Å²) in [7, 11) is 0. The van der Waals surface area contributed by atoms with Crippen LogP contribution in [0.25, 0.3) is 10.1 Å². The summed E-state index contributed by atoms with van der Waals surface area (Å²) in [4.78, 5) is 1.48. The van der Waals surface area contributed by atoms with E-state index in [1.807, 2.05) is 11.3 Å². The van der Waals surface area contributed by atoms with Crippen molar-refractivity contribution in [1.82, 2.24) is 0 Å². The second-order valence-corrected chi connectivity index (χ2v) is 6.36. The van der Waals surface area contributed by atoms with Gasteiger partial charge in [-0.1, -0.05) is 6.92 Å². The monoisotopic (exact) mass is 414 g/mol. The third-order valence-electron chi connectivity index (χ3n) is 1.96. The summed E-state index contributed by atoms with van der Waals surface area (Å²) < 4.78 is 4.13. The Morgan fingerprint density at radius 2 is 1.85 bits per heavy atom. The summed E-state index contributed by atoms with van der Waals surface area (Å²) in [6, 6.07) is 6.85. The highest BCUT2D eigenvalue weighted by atomic mass is 127. The topological polar surface area (TPSA) is 0 Å². The second-order valence-electron chi connectivity index (χ2n) is 2.87. The quantitative estimate of drug-likeness (QED) is 0.596. The minimum absolute atomic E-state index is 1.15. The number of hydrogen-bond donors (Lipinski definition) is 0. The zero-order valence-electron chi connectivity index (χ0n) is 7.10. The Morgan fingerprint density at radius 3 is 2.54 bits per heavy atom. The van der Waals surface area contributed by atoms with Crippen molar-refractivity contribution in [2.24, 2.45) is 0 Å². The third-order valence-corrected chi connectivity index (χ3v) is 6.02. The summed E-state index contributed by atoms with van der Waals surface area (Å²) in [5, 5.41) is 1.40. The first-order chi connectivity index (χ1) is 6.20. The van der Waals surface area contributed by atoms with Gasteiger partial charge in [0.05, 0.1) is 0 Å². The molecule has 0 saturated carbocycles. The van der Waals surface area contributed by atoms with Crippen molar-refractivity contribution in [3.05, 3.63) is 30.2 Å². The van der Waals surface area contributed by atoms with Crippen LogP contribution in [-0.2, 0) is 6.42 Å². The summed E-state index contributed by atoms with van der Waals surface area (Å²) in [6.45, 7) is 2.21. The van der Waals surface area contributed by atoms with E-state index in [2.05, 4.69) is 70.3 Å². The maximum absolute atomic E-state index is 2.39. The highest BCUT2D eigenvalue weighted by molar-refractivity contribution is 14.1. The van der Waals surface area contributed by atoms with E-state index >= 15 is 0 Å². The summed E-state index contributed by atoms with van der Waals surface area (Å²) in [5.41, 5.74) is 0. The molecule has 0 fully saturated rings. The predicted molar refractivity (Wildman–Crippen MR) is 76.6 cm³/mol. The molecule has 0 aliphatic carbocycles. The first-order valence-electron chi connectivity index (χ1n) is 4.08. The first-order valence-corrected chi connectivity index (χ1v) is 7.05. The molecule has 0 unspecified atom stereocenters. The molecule has 2 aromatic rings. The van der Waals surface area contributed by atoms with Gasteiger partial charge in [0, 0.05) is 16.7 Å². The fourth-order valence-electron chi connectivity index (χ4n) is 1.26. The van der Waals surface area contributed by atoms with E-state index < -0.39 is 0 Å². The van der Waals surface area contributed by atoms with Gasteiger partial charge in [0.25, 0.3) is 0 Å². The molecule has 2 rings (SSSR count). The highest BCUT2D eigenvalue weighted by Crippen LogP contribution is 2.30. The van der Waals surface area contributed by atoms with Crippen molar-refractivity contribution >= 4 is 66.6 Å². The lowest BCUT2D eigenvalue weighted by atomic mass is 10.2. The van der Waals surface area contributed by atoms with Crippen LogP contribution in [-0.4, -0.2) is 0 Å². The zero-order valence-corrected chi connectivity index (χ0v) is 12.2. The number of halogens is 2. The van der Waals surface area contributed by atoms with Gasteiger partial charge in [-0.2, -0.15) is 0 Å². The second kappa shape index (κ2) is 4.02. The number of rotatable bonds is 1. The molecule has 1 aromatic carbocycles. The van der Waals surface area contributed by atoms with Gasteiger partial charge in [-0.15, -0.1) is 11.3 Å². The summed E-state index contributed by atoms with van der Waals surface area (Å²) in [6.07, 6.45) is 1.15. The van der Waals surface area contributed by atoms with Gasteiger partial charge in [0.2, 0.25) is 0 Å². The molecule has 0 atom stereocenters. The van der Waals surface area contributed by atoms with Crippen LogP contribution in [0, 0.1) is 7.14 Å². The van der Waals surface area contributed by atoms with Gasteiger partial charge >= 0.3 is 0 Å². The van der Waals surface area contributed by atoms with E-state index in [4.69, 9.17) is 0 Å². The fourth-order valence-corrected chi connectivity index (χ4v) is 3.46. The predicted octanol–water partition coefficient (Wildman–Crippen LogP) is 4.67. The number of fused-ring (bicyclic) bond motifs is 1. The molecule has 0 N–H and O–H groups in total. The molecule has 0 aliphatic rings. The van der Waals surface area contributed by atoms with Crippen LogP contribution in [0.15, 0.2) is 18.2 Å². The van der Waals surface area contributed by atoms with Gasteiger partial charge in [-0.05, 0) is 75.2 Å².